The van der Waals surface area contributed by atoms with Crippen LogP contribution in [-0.4, -0.2) is 60.4 Å². The van der Waals surface area contributed by atoms with Gasteiger partial charge in [0, 0.05) is 37.4 Å². The van der Waals surface area contributed by atoms with Crippen LogP contribution in [0.3, 0.4) is 0 Å². The second-order valence-corrected chi connectivity index (χ2v) is 7.34. The first-order valence-electron chi connectivity index (χ1n) is 9.16. The molecule has 6 nitrogen and oxygen atoms in total. The second kappa shape index (κ2) is 7.54. The summed E-state index contributed by atoms with van der Waals surface area (Å²) in [4.78, 5) is 29.1. The lowest BCUT2D eigenvalue weighted by Gasteiger charge is -2.32. The van der Waals surface area contributed by atoms with Gasteiger partial charge in [0.1, 0.15) is 0 Å². The third-order valence-corrected chi connectivity index (χ3v) is 5.38. The Morgan fingerprint density at radius 2 is 1.60 bits per heavy atom. The minimum atomic E-state index is -0.757. The van der Waals surface area contributed by atoms with Crippen LogP contribution in [0.5, 0.6) is 0 Å². The standard InChI is InChI=1S/C19H28N4O2/c1-22-11-13-23(14-12-22)17(24)15-5-7-16(8-6-15)21-18(25)19(20)9-3-2-4-10-19/h5-8H,2-4,9-14,20H2,1H3,(H,21,25). The summed E-state index contributed by atoms with van der Waals surface area (Å²) in [5.41, 5.74) is 6.85. The van der Waals surface area contributed by atoms with E-state index in [-0.39, 0.29) is 11.8 Å². The number of carbonyl (C=O) groups excluding carboxylic acids is 2. The summed E-state index contributed by atoms with van der Waals surface area (Å²) >= 11 is 0. The molecule has 0 atom stereocenters. The molecule has 3 N–H and O–H groups in total. The average Bonchev–Trinajstić information content (AvgIpc) is 2.63. The molecule has 0 unspecified atom stereocenters. The van der Waals surface area contributed by atoms with Gasteiger partial charge in [-0.3, -0.25) is 9.59 Å². The Morgan fingerprint density at radius 3 is 2.20 bits per heavy atom. The molecule has 1 aliphatic heterocycles. The van der Waals surface area contributed by atoms with E-state index in [1.165, 1.54) is 0 Å². The molecule has 1 aromatic rings. The van der Waals surface area contributed by atoms with Crippen LogP contribution in [0.15, 0.2) is 24.3 Å². The van der Waals surface area contributed by atoms with Gasteiger partial charge in [-0.15, -0.1) is 0 Å². The van der Waals surface area contributed by atoms with Crippen molar-refractivity contribution in [1.29, 1.82) is 0 Å². The first-order chi connectivity index (χ1) is 12.0. The van der Waals surface area contributed by atoms with Gasteiger partial charge in [-0.2, -0.15) is 0 Å². The number of nitrogens with one attached hydrogen (secondary N) is 1. The highest BCUT2D eigenvalue weighted by Gasteiger charge is 2.35. The number of amides is 2. The van der Waals surface area contributed by atoms with Crippen molar-refractivity contribution >= 4 is 17.5 Å². The van der Waals surface area contributed by atoms with Gasteiger partial charge >= 0.3 is 0 Å². The van der Waals surface area contributed by atoms with E-state index < -0.39 is 5.54 Å². The zero-order valence-electron chi connectivity index (χ0n) is 15.0. The summed E-state index contributed by atoms with van der Waals surface area (Å²) in [7, 11) is 2.07. The fourth-order valence-electron chi connectivity index (χ4n) is 3.55. The summed E-state index contributed by atoms with van der Waals surface area (Å²) < 4.78 is 0. The number of piperazine rings is 1. The van der Waals surface area contributed by atoms with Crippen LogP contribution in [0.25, 0.3) is 0 Å². The van der Waals surface area contributed by atoms with E-state index in [0.29, 0.717) is 11.3 Å². The Morgan fingerprint density at radius 1 is 1.00 bits per heavy atom. The van der Waals surface area contributed by atoms with Gasteiger partial charge in [-0.1, -0.05) is 19.3 Å². The van der Waals surface area contributed by atoms with Crippen LogP contribution in [0.2, 0.25) is 0 Å². The SMILES string of the molecule is CN1CCN(C(=O)c2ccc(NC(=O)C3(N)CCCCC3)cc2)CC1. The molecule has 0 radical (unpaired) electrons. The topological polar surface area (TPSA) is 78.7 Å². The van der Waals surface area contributed by atoms with Crippen molar-refractivity contribution in [2.24, 2.45) is 5.73 Å². The zero-order valence-corrected chi connectivity index (χ0v) is 15.0. The van der Waals surface area contributed by atoms with Crippen molar-refractivity contribution in [3.05, 3.63) is 29.8 Å². The van der Waals surface area contributed by atoms with E-state index in [2.05, 4.69) is 17.3 Å². The van der Waals surface area contributed by atoms with Crippen LogP contribution < -0.4 is 11.1 Å². The van der Waals surface area contributed by atoms with Crippen LogP contribution in [0, 0.1) is 0 Å². The first-order valence-corrected chi connectivity index (χ1v) is 9.16. The maximum atomic E-state index is 12.5. The smallest absolute Gasteiger partial charge is 0.253 e. The van der Waals surface area contributed by atoms with Crippen LogP contribution in [0.1, 0.15) is 42.5 Å². The number of nitrogens with zero attached hydrogens (tertiary/aromatic N) is 2. The molecule has 6 heteroatoms. The van der Waals surface area contributed by atoms with Gasteiger partial charge in [-0.05, 0) is 44.2 Å². The lowest BCUT2D eigenvalue weighted by Crippen LogP contribution is -2.52. The minimum absolute atomic E-state index is 0.0496. The van der Waals surface area contributed by atoms with E-state index >= 15 is 0 Å². The van der Waals surface area contributed by atoms with Gasteiger partial charge in [0.25, 0.3) is 5.91 Å². The maximum Gasteiger partial charge on any atom is 0.253 e. The molecule has 1 saturated heterocycles. The Balaban J connectivity index is 1.60. The van der Waals surface area contributed by atoms with Gasteiger partial charge in [0.05, 0.1) is 5.54 Å². The van der Waals surface area contributed by atoms with Crippen molar-refractivity contribution in [2.75, 3.05) is 38.5 Å². The molecular weight excluding hydrogens is 316 g/mol. The fourth-order valence-corrected chi connectivity index (χ4v) is 3.55. The summed E-state index contributed by atoms with van der Waals surface area (Å²) in [6.07, 6.45) is 4.62. The summed E-state index contributed by atoms with van der Waals surface area (Å²) in [6, 6.07) is 7.13. The Hall–Kier alpha value is -1.92. The largest absolute Gasteiger partial charge is 0.336 e. The normalized spacial score (nSPS) is 21.0. The molecule has 1 aromatic carbocycles. The van der Waals surface area contributed by atoms with Crippen molar-refractivity contribution in [3.63, 3.8) is 0 Å². The van der Waals surface area contributed by atoms with Gasteiger partial charge < -0.3 is 20.9 Å². The number of hydrogen-bond donors (Lipinski definition) is 2. The van der Waals surface area contributed by atoms with E-state index in [9.17, 15) is 9.59 Å². The molecule has 0 bridgehead atoms. The van der Waals surface area contributed by atoms with Crippen molar-refractivity contribution in [3.8, 4) is 0 Å². The summed E-state index contributed by atoms with van der Waals surface area (Å²) in [5.74, 6) is -0.0705. The predicted octanol–water partition coefficient (Wildman–Crippen LogP) is 1.67. The predicted molar refractivity (Wildman–Crippen MR) is 98.5 cm³/mol. The highest BCUT2D eigenvalue weighted by atomic mass is 16.2. The lowest BCUT2D eigenvalue weighted by atomic mass is 9.82. The third kappa shape index (κ3) is 4.19. The summed E-state index contributed by atoms with van der Waals surface area (Å²) in [6.45, 7) is 3.31. The summed E-state index contributed by atoms with van der Waals surface area (Å²) in [5, 5.41) is 2.91. The van der Waals surface area contributed by atoms with Gasteiger partial charge in [0.2, 0.25) is 5.91 Å². The van der Waals surface area contributed by atoms with E-state index in [0.717, 1.165) is 58.3 Å². The number of hydrogen-bond acceptors (Lipinski definition) is 4. The Labute approximate surface area is 149 Å². The molecule has 2 aliphatic rings. The van der Waals surface area contributed by atoms with E-state index in [1.54, 1.807) is 24.3 Å². The molecule has 1 heterocycles. The number of carbonyl (C=O) groups is 2. The highest BCUT2D eigenvalue weighted by molar-refractivity contribution is 5.99. The molecular formula is C19H28N4O2. The number of nitrogens with two attached hydrogens (primary N) is 1. The molecule has 136 valence electrons. The first kappa shape index (κ1) is 17.9. The quantitative estimate of drug-likeness (QED) is 0.874. The number of likely N-dealkylation sites (N-methyl/N-ethyl adjacent to an activating group) is 1. The molecule has 2 amide bonds. The molecule has 2 fully saturated rings. The van der Waals surface area contributed by atoms with Gasteiger partial charge in [-0.25, -0.2) is 0 Å². The Bertz CT molecular complexity index is 615. The number of anilines is 1. The highest BCUT2D eigenvalue weighted by Crippen LogP contribution is 2.27. The monoisotopic (exact) mass is 344 g/mol. The van der Waals surface area contributed by atoms with E-state index in [1.807, 2.05) is 4.90 Å². The van der Waals surface area contributed by atoms with Gasteiger partial charge in [0.15, 0.2) is 0 Å². The number of benzene rings is 1. The molecule has 0 spiro atoms. The average molecular weight is 344 g/mol. The lowest BCUT2D eigenvalue weighted by molar-refractivity contribution is -0.122. The molecule has 3 rings (SSSR count). The molecule has 0 aromatic heterocycles. The second-order valence-electron chi connectivity index (χ2n) is 7.34. The Kier molecular flexibility index (Phi) is 5.39. The van der Waals surface area contributed by atoms with E-state index in [4.69, 9.17) is 5.73 Å². The number of rotatable bonds is 3. The van der Waals surface area contributed by atoms with Crippen molar-refractivity contribution in [1.82, 2.24) is 9.80 Å². The minimum Gasteiger partial charge on any atom is -0.336 e. The van der Waals surface area contributed by atoms with Crippen molar-refractivity contribution in [2.45, 2.75) is 37.6 Å². The third-order valence-electron chi connectivity index (χ3n) is 5.38. The van der Waals surface area contributed by atoms with Crippen LogP contribution in [-0.2, 0) is 4.79 Å². The molecule has 1 saturated carbocycles. The van der Waals surface area contributed by atoms with Crippen molar-refractivity contribution < 1.29 is 9.59 Å². The zero-order chi connectivity index (χ0) is 17.9. The maximum absolute atomic E-state index is 12.5. The molecule has 1 aliphatic carbocycles. The van der Waals surface area contributed by atoms with Crippen LogP contribution in [0.4, 0.5) is 5.69 Å². The van der Waals surface area contributed by atoms with Crippen LogP contribution >= 0.6 is 0 Å². The molecule has 25 heavy (non-hydrogen) atoms. The fraction of sp³-hybridized carbons (Fsp3) is 0.579.